The lowest BCUT2D eigenvalue weighted by molar-refractivity contribution is 0.178. The number of hydrogen-bond donors (Lipinski definition) is 1. The molecule has 2 aliphatic heterocycles. The molecule has 0 radical (unpaired) electrons. The van der Waals surface area contributed by atoms with Crippen LogP contribution in [0.3, 0.4) is 0 Å². The molecule has 1 N–H and O–H groups in total. The van der Waals surface area contributed by atoms with Crippen LogP contribution >= 0.6 is 11.3 Å². The molecule has 2 amide bonds. The number of aryl methyl sites for hydroxylation is 1. The van der Waals surface area contributed by atoms with Crippen LogP contribution in [0.1, 0.15) is 35.1 Å². The smallest absolute Gasteiger partial charge is 0.317 e. The maximum absolute atomic E-state index is 12.2. The van der Waals surface area contributed by atoms with Gasteiger partial charge in [-0.15, -0.1) is 11.3 Å². The third-order valence-corrected chi connectivity index (χ3v) is 6.72. The van der Waals surface area contributed by atoms with E-state index in [0.717, 1.165) is 38.1 Å². The van der Waals surface area contributed by atoms with Gasteiger partial charge < -0.3 is 10.2 Å². The lowest BCUT2D eigenvalue weighted by Gasteiger charge is -2.32. The number of likely N-dealkylation sites (tertiary alicyclic amines) is 1. The number of thiazole rings is 1. The summed E-state index contributed by atoms with van der Waals surface area (Å²) in [5, 5.41) is 4.23. The molecule has 0 aliphatic carbocycles. The fourth-order valence-electron chi connectivity index (χ4n) is 2.93. The zero-order chi connectivity index (χ0) is 14.8. The summed E-state index contributed by atoms with van der Waals surface area (Å²) >= 11 is 1.77. The highest BCUT2D eigenvalue weighted by Crippen LogP contribution is 2.30. The average Bonchev–Trinajstić information content (AvgIpc) is 3.08. The summed E-state index contributed by atoms with van der Waals surface area (Å²) in [4.78, 5) is 19.8. The number of carbonyl (C=O) groups is 1. The first-order chi connectivity index (χ1) is 10.1. The molecule has 0 spiro atoms. The fourth-order valence-corrected chi connectivity index (χ4v) is 5.29. The number of carbonyl (C=O) groups excluding carboxylic acids is 1. The molecule has 0 aromatic carbocycles. The maximum atomic E-state index is 12.2. The number of piperidine rings is 1. The molecule has 3 rings (SSSR count). The molecule has 1 aromatic rings. The Bertz CT molecular complexity index is 538. The number of hydrogen-bond acceptors (Lipinski definition) is 4. The van der Waals surface area contributed by atoms with Gasteiger partial charge in [0, 0.05) is 58.4 Å². The normalized spacial score (nSPS) is 27.0. The van der Waals surface area contributed by atoms with Crippen LogP contribution in [0.15, 0.2) is 6.20 Å². The highest BCUT2D eigenvalue weighted by Gasteiger charge is 2.28. The lowest BCUT2D eigenvalue weighted by Crippen LogP contribution is -2.47. The minimum absolute atomic E-state index is 0.00710. The average molecular weight is 327 g/mol. The van der Waals surface area contributed by atoms with E-state index in [1.165, 1.54) is 9.88 Å². The van der Waals surface area contributed by atoms with Crippen molar-refractivity contribution in [2.75, 3.05) is 24.6 Å². The monoisotopic (exact) mass is 327 g/mol. The van der Waals surface area contributed by atoms with Crippen LogP contribution in [0.5, 0.6) is 0 Å². The Morgan fingerprint density at radius 3 is 2.76 bits per heavy atom. The maximum Gasteiger partial charge on any atom is 0.317 e. The first-order valence-corrected chi connectivity index (χ1v) is 9.75. The van der Waals surface area contributed by atoms with E-state index in [2.05, 4.69) is 17.2 Å². The van der Waals surface area contributed by atoms with Gasteiger partial charge in [0.05, 0.1) is 5.01 Å². The SMILES string of the molecule is Cc1cnc(C2CCN(C(=O)NC3CCS(=O)C3)CC2)s1. The minimum atomic E-state index is -0.743. The van der Waals surface area contributed by atoms with E-state index >= 15 is 0 Å². The molecule has 0 bridgehead atoms. The molecule has 2 aliphatic rings. The van der Waals surface area contributed by atoms with Crippen LogP contribution in [-0.2, 0) is 10.8 Å². The molecule has 1 aromatic heterocycles. The van der Waals surface area contributed by atoms with Crippen molar-refractivity contribution in [1.29, 1.82) is 0 Å². The second kappa shape index (κ2) is 6.44. The number of nitrogens with zero attached hydrogens (tertiary/aromatic N) is 2. The Hall–Kier alpha value is -0.950. The van der Waals surface area contributed by atoms with Crippen molar-refractivity contribution in [1.82, 2.24) is 15.2 Å². The Morgan fingerprint density at radius 2 is 2.19 bits per heavy atom. The Morgan fingerprint density at radius 1 is 1.43 bits per heavy atom. The third kappa shape index (κ3) is 3.63. The highest BCUT2D eigenvalue weighted by molar-refractivity contribution is 7.85. The summed E-state index contributed by atoms with van der Waals surface area (Å²) in [5.41, 5.74) is 0. The molecule has 2 saturated heterocycles. The highest BCUT2D eigenvalue weighted by atomic mass is 32.2. The number of nitrogens with one attached hydrogen (secondary N) is 1. The van der Waals surface area contributed by atoms with Gasteiger partial charge >= 0.3 is 6.03 Å². The van der Waals surface area contributed by atoms with E-state index in [0.29, 0.717) is 11.7 Å². The van der Waals surface area contributed by atoms with Crippen LogP contribution in [0.25, 0.3) is 0 Å². The zero-order valence-corrected chi connectivity index (χ0v) is 13.8. The summed E-state index contributed by atoms with van der Waals surface area (Å²) in [6, 6.07) is 0.102. The van der Waals surface area contributed by atoms with Crippen LogP contribution in [-0.4, -0.2) is 50.8 Å². The molecule has 7 heteroatoms. The van der Waals surface area contributed by atoms with Crippen molar-refractivity contribution >= 4 is 28.2 Å². The van der Waals surface area contributed by atoms with E-state index in [4.69, 9.17) is 0 Å². The number of amides is 2. The topological polar surface area (TPSA) is 62.3 Å². The van der Waals surface area contributed by atoms with Crippen molar-refractivity contribution in [3.05, 3.63) is 16.1 Å². The molecule has 2 atom stereocenters. The molecule has 0 saturated carbocycles. The standard InChI is InChI=1S/C14H21N3O2S2/c1-10-8-15-13(20-10)11-2-5-17(6-3-11)14(18)16-12-4-7-21(19)9-12/h8,11-12H,2-7,9H2,1H3,(H,16,18). The van der Waals surface area contributed by atoms with Crippen molar-refractivity contribution in [2.24, 2.45) is 0 Å². The third-order valence-electron chi connectivity index (χ3n) is 4.18. The lowest BCUT2D eigenvalue weighted by atomic mass is 9.98. The summed E-state index contributed by atoms with van der Waals surface area (Å²) in [6.45, 7) is 3.64. The first kappa shape index (κ1) is 15.0. The van der Waals surface area contributed by atoms with Gasteiger partial charge in [0.15, 0.2) is 0 Å². The molecular weight excluding hydrogens is 306 g/mol. The predicted molar refractivity (Wildman–Crippen MR) is 85.2 cm³/mol. The molecule has 21 heavy (non-hydrogen) atoms. The molecule has 3 heterocycles. The van der Waals surface area contributed by atoms with Gasteiger partial charge in [0.1, 0.15) is 0 Å². The number of aromatic nitrogens is 1. The minimum Gasteiger partial charge on any atom is -0.334 e. The Balaban J connectivity index is 1.49. The summed E-state index contributed by atoms with van der Waals surface area (Å²) < 4.78 is 11.4. The van der Waals surface area contributed by atoms with Crippen molar-refractivity contribution in [3.8, 4) is 0 Å². The number of rotatable bonds is 2. The Labute approximate surface area is 131 Å². The molecule has 5 nitrogen and oxygen atoms in total. The van der Waals surface area contributed by atoms with Crippen molar-refractivity contribution < 1.29 is 9.00 Å². The van der Waals surface area contributed by atoms with Crippen molar-refractivity contribution in [2.45, 2.75) is 38.1 Å². The van der Waals surface area contributed by atoms with Gasteiger partial charge in [0.25, 0.3) is 0 Å². The zero-order valence-electron chi connectivity index (χ0n) is 12.2. The van der Waals surface area contributed by atoms with Gasteiger partial charge in [-0.1, -0.05) is 0 Å². The van der Waals surface area contributed by atoms with Gasteiger partial charge in [-0.3, -0.25) is 4.21 Å². The first-order valence-electron chi connectivity index (χ1n) is 7.44. The van der Waals surface area contributed by atoms with E-state index in [1.54, 1.807) is 11.3 Å². The van der Waals surface area contributed by atoms with E-state index in [9.17, 15) is 9.00 Å². The molecule has 2 unspecified atom stereocenters. The van der Waals surface area contributed by atoms with Gasteiger partial charge in [-0.25, -0.2) is 9.78 Å². The largest absolute Gasteiger partial charge is 0.334 e. The van der Waals surface area contributed by atoms with Crippen molar-refractivity contribution in [3.63, 3.8) is 0 Å². The van der Waals surface area contributed by atoms with E-state index in [1.807, 2.05) is 11.1 Å². The van der Waals surface area contributed by atoms with Crippen LogP contribution in [0.2, 0.25) is 0 Å². The van der Waals surface area contributed by atoms with Crippen LogP contribution in [0.4, 0.5) is 4.79 Å². The summed E-state index contributed by atoms with van der Waals surface area (Å²) in [5.74, 6) is 1.82. The van der Waals surface area contributed by atoms with Gasteiger partial charge in [-0.2, -0.15) is 0 Å². The molecular formula is C14H21N3O2S2. The second-order valence-electron chi connectivity index (χ2n) is 5.82. The van der Waals surface area contributed by atoms with Crippen LogP contribution in [0, 0.1) is 6.92 Å². The summed E-state index contributed by atoms with van der Waals surface area (Å²) in [7, 11) is -0.743. The second-order valence-corrected chi connectivity index (χ2v) is 8.70. The number of urea groups is 1. The predicted octanol–water partition coefficient (Wildman–Crippen LogP) is 1.86. The van der Waals surface area contributed by atoms with E-state index < -0.39 is 10.8 Å². The fraction of sp³-hybridized carbons (Fsp3) is 0.714. The molecule has 116 valence electrons. The van der Waals surface area contributed by atoms with Crippen LogP contribution < -0.4 is 5.32 Å². The quantitative estimate of drug-likeness (QED) is 0.902. The Kier molecular flexibility index (Phi) is 4.59. The molecule has 2 fully saturated rings. The van der Waals surface area contributed by atoms with Gasteiger partial charge in [-0.05, 0) is 26.2 Å². The van der Waals surface area contributed by atoms with E-state index in [-0.39, 0.29) is 12.1 Å². The summed E-state index contributed by atoms with van der Waals surface area (Å²) in [6.07, 6.45) is 4.74. The van der Waals surface area contributed by atoms with Gasteiger partial charge in [0.2, 0.25) is 0 Å².